The second-order valence-corrected chi connectivity index (χ2v) is 7.70. The van der Waals surface area contributed by atoms with Gasteiger partial charge in [-0.15, -0.1) is 0 Å². The fourth-order valence-electron chi connectivity index (χ4n) is 3.74. The van der Waals surface area contributed by atoms with Crippen LogP contribution in [0.4, 0.5) is 0 Å². The number of amides is 1. The van der Waals surface area contributed by atoms with E-state index in [1.54, 1.807) is 19.1 Å². The molecule has 0 aliphatic heterocycles. The number of rotatable bonds is 4. The molecule has 5 nitrogen and oxygen atoms in total. The van der Waals surface area contributed by atoms with E-state index < -0.39 is 5.60 Å². The molecular weight excluding hydrogens is 376 g/mol. The van der Waals surface area contributed by atoms with Crippen LogP contribution in [0.25, 0.3) is 11.3 Å². The average Bonchev–Trinajstić information content (AvgIpc) is 3.08. The highest BCUT2D eigenvalue weighted by Gasteiger charge is 2.33. The van der Waals surface area contributed by atoms with Crippen LogP contribution in [0.1, 0.15) is 33.7 Å². The summed E-state index contributed by atoms with van der Waals surface area (Å²) in [6.07, 6.45) is 1.91. The molecule has 1 aromatic heterocycles. The Kier molecular flexibility index (Phi) is 4.96. The first kappa shape index (κ1) is 18.7. The molecular formula is C22H21ClN2O3. The van der Waals surface area contributed by atoms with Gasteiger partial charge in [-0.05, 0) is 37.0 Å². The molecule has 144 valence electrons. The van der Waals surface area contributed by atoms with Gasteiger partial charge in [0.15, 0.2) is 0 Å². The summed E-state index contributed by atoms with van der Waals surface area (Å²) in [7, 11) is 0. The van der Waals surface area contributed by atoms with Crippen LogP contribution in [0.5, 0.6) is 0 Å². The summed E-state index contributed by atoms with van der Waals surface area (Å²) in [5, 5.41) is 18.4. The Labute approximate surface area is 168 Å². The second-order valence-electron chi connectivity index (χ2n) is 7.29. The van der Waals surface area contributed by atoms with Gasteiger partial charge in [0, 0.05) is 18.5 Å². The molecule has 1 aliphatic carbocycles. The highest BCUT2D eigenvalue weighted by Crippen LogP contribution is 2.32. The Balaban J connectivity index is 1.53. The van der Waals surface area contributed by atoms with Gasteiger partial charge in [-0.2, -0.15) is 0 Å². The fourth-order valence-corrected chi connectivity index (χ4v) is 3.97. The monoisotopic (exact) mass is 396 g/mol. The van der Waals surface area contributed by atoms with Gasteiger partial charge in [-0.25, -0.2) is 0 Å². The van der Waals surface area contributed by atoms with Crippen LogP contribution in [0, 0.1) is 6.92 Å². The van der Waals surface area contributed by atoms with E-state index in [-0.39, 0.29) is 12.5 Å². The number of benzene rings is 2. The third-order valence-corrected chi connectivity index (χ3v) is 5.62. The van der Waals surface area contributed by atoms with Crippen LogP contribution < -0.4 is 5.32 Å². The number of aromatic nitrogens is 1. The minimum atomic E-state index is -0.973. The standard InChI is InChI=1S/C22H21ClN2O3/c1-14-19(20(25-28-14)17-8-4-5-9-18(17)23)21(26)24-13-22(27)11-10-15-6-2-3-7-16(15)12-22/h2-9,27H,10-13H2,1H3,(H,24,26). The largest absolute Gasteiger partial charge is 0.388 e. The summed E-state index contributed by atoms with van der Waals surface area (Å²) in [6.45, 7) is 1.85. The molecule has 2 aromatic carbocycles. The third kappa shape index (κ3) is 3.55. The lowest BCUT2D eigenvalue weighted by Gasteiger charge is -2.33. The van der Waals surface area contributed by atoms with Crippen LogP contribution in [0.3, 0.4) is 0 Å². The van der Waals surface area contributed by atoms with E-state index in [9.17, 15) is 9.90 Å². The van der Waals surface area contributed by atoms with E-state index in [0.29, 0.717) is 40.4 Å². The number of carbonyl (C=O) groups excluding carboxylic acids is 1. The predicted octanol–water partition coefficient (Wildman–Crippen LogP) is 3.95. The smallest absolute Gasteiger partial charge is 0.257 e. The summed E-state index contributed by atoms with van der Waals surface area (Å²) in [6, 6.07) is 15.3. The maximum Gasteiger partial charge on any atom is 0.257 e. The molecule has 1 amide bonds. The molecule has 1 heterocycles. The van der Waals surface area contributed by atoms with Gasteiger partial charge in [0.25, 0.3) is 5.91 Å². The molecule has 1 aliphatic rings. The van der Waals surface area contributed by atoms with Gasteiger partial charge in [0.05, 0.1) is 10.6 Å². The summed E-state index contributed by atoms with van der Waals surface area (Å²) in [4.78, 5) is 12.9. The van der Waals surface area contributed by atoms with E-state index >= 15 is 0 Å². The number of aliphatic hydroxyl groups is 1. The molecule has 0 fully saturated rings. The molecule has 1 atom stereocenters. The van der Waals surface area contributed by atoms with E-state index in [1.807, 2.05) is 30.3 Å². The molecule has 6 heteroatoms. The number of hydrogen-bond acceptors (Lipinski definition) is 4. The average molecular weight is 397 g/mol. The number of aryl methyl sites for hydroxylation is 2. The van der Waals surface area contributed by atoms with Crippen LogP contribution in [0.2, 0.25) is 5.02 Å². The summed E-state index contributed by atoms with van der Waals surface area (Å²) < 4.78 is 5.26. The molecule has 0 radical (unpaired) electrons. The van der Waals surface area contributed by atoms with Gasteiger partial charge >= 0.3 is 0 Å². The molecule has 2 N–H and O–H groups in total. The Bertz CT molecular complexity index is 1030. The van der Waals surface area contributed by atoms with Crippen molar-refractivity contribution in [3.63, 3.8) is 0 Å². The lowest BCUT2D eigenvalue weighted by Crippen LogP contribution is -2.46. The zero-order valence-corrected chi connectivity index (χ0v) is 16.3. The van der Waals surface area contributed by atoms with E-state index in [1.165, 1.54) is 5.56 Å². The van der Waals surface area contributed by atoms with Crippen LogP contribution in [-0.4, -0.2) is 28.3 Å². The number of halogens is 1. The number of hydrogen-bond donors (Lipinski definition) is 2. The van der Waals surface area contributed by atoms with E-state index in [4.69, 9.17) is 16.1 Å². The SMILES string of the molecule is Cc1onc(-c2ccccc2Cl)c1C(=O)NCC1(O)CCc2ccccc2C1. The number of carbonyl (C=O) groups is 1. The maximum absolute atomic E-state index is 12.9. The van der Waals surface area contributed by atoms with Gasteiger partial charge < -0.3 is 14.9 Å². The van der Waals surface area contributed by atoms with Crippen molar-refractivity contribution >= 4 is 17.5 Å². The number of nitrogens with one attached hydrogen (secondary N) is 1. The van der Waals surface area contributed by atoms with E-state index in [2.05, 4.69) is 16.5 Å². The van der Waals surface area contributed by atoms with Crippen LogP contribution >= 0.6 is 11.6 Å². The van der Waals surface area contributed by atoms with Crippen LogP contribution in [-0.2, 0) is 12.8 Å². The molecule has 28 heavy (non-hydrogen) atoms. The van der Waals surface area contributed by atoms with Crippen molar-refractivity contribution in [2.75, 3.05) is 6.54 Å². The Morgan fingerprint density at radius 1 is 1.21 bits per heavy atom. The first-order chi connectivity index (χ1) is 13.5. The van der Waals surface area contributed by atoms with Crippen LogP contribution in [0.15, 0.2) is 53.1 Å². The van der Waals surface area contributed by atoms with Gasteiger partial charge in [0.1, 0.15) is 17.0 Å². The Morgan fingerprint density at radius 3 is 2.71 bits per heavy atom. The van der Waals surface area contributed by atoms with Gasteiger partial charge in [-0.1, -0.05) is 59.2 Å². The third-order valence-electron chi connectivity index (χ3n) is 5.29. The summed E-state index contributed by atoms with van der Waals surface area (Å²) >= 11 is 6.26. The van der Waals surface area contributed by atoms with Gasteiger partial charge in [-0.3, -0.25) is 4.79 Å². The lowest BCUT2D eigenvalue weighted by molar-refractivity contribution is 0.0260. The summed E-state index contributed by atoms with van der Waals surface area (Å²) in [5.41, 5.74) is 2.79. The minimum absolute atomic E-state index is 0.159. The highest BCUT2D eigenvalue weighted by molar-refractivity contribution is 6.33. The minimum Gasteiger partial charge on any atom is -0.388 e. The van der Waals surface area contributed by atoms with Crippen molar-refractivity contribution in [3.05, 3.63) is 76.0 Å². The Morgan fingerprint density at radius 2 is 1.93 bits per heavy atom. The number of nitrogens with zero attached hydrogens (tertiary/aromatic N) is 1. The van der Waals surface area contributed by atoms with Crippen molar-refractivity contribution in [1.29, 1.82) is 0 Å². The van der Waals surface area contributed by atoms with Crippen molar-refractivity contribution in [3.8, 4) is 11.3 Å². The van der Waals surface area contributed by atoms with Crippen molar-refractivity contribution in [1.82, 2.24) is 10.5 Å². The molecule has 4 rings (SSSR count). The number of fused-ring (bicyclic) bond motifs is 1. The normalized spacial score (nSPS) is 18.5. The van der Waals surface area contributed by atoms with Crippen molar-refractivity contribution in [2.24, 2.45) is 0 Å². The Hall–Kier alpha value is -2.63. The molecule has 3 aromatic rings. The van der Waals surface area contributed by atoms with E-state index in [0.717, 1.165) is 12.0 Å². The molecule has 0 saturated carbocycles. The van der Waals surface area contributed by atoms with Crippen molar-refractivity contribution in [2.45, 2.75) is 31.8 Å². The quantitative estimate of drug-likeness (QED) is 0.700. The first-order valence-electron chi connectivity index (χ1n) is 9.25. The summed E-state index contributed by atoms with van der Waals surface area (Å²) in [5.74, 6) is 0.0781. The fraction of sp³-hybridized carbons (Fsp3) is 0.273. The zero-order valence-electron chi connectivity index (χ0n) is 15.5. The highest BCUT2D eigenvalue weighted by atomic mass is 35.5. The maximum atomic E-state index is 12.9. The van der Waals surface area contributed by atoms with Crippen molar-refractivity contribution < 1.29 is 14.4 Å². The molecule has 0 bridgehead atoms. The first-order valence-corrected chi connectivity index (χ1v) is 9.63. The molecule has 1 unspecified atom stereocenters. The lowest BCUT2D eigenvalue weighted by atomic mass is 9.80. The molecule has 0 spiro atoms. The topological polar surface area (TPSA) is 75.4 Å². The molecule has 0 saturated heterocycles. The second kappa shape index (κ2) is 7.41. The zero-order chi connectivity index (χ0) is 19.7. The van der Waals surface area contributed by atoms with Gasteiger partial charge in [0.2, 0.25) is 0 Å². The predicted molar refractivity (Wildman–Crippen MR) is 107 cm³/mol.